The number of pyridine rings is 1. The Kier molecular flexibility index (Phi) is 5.72. The quantitative estimate of drug-likeness (QED) is 0.835. The van der Waals surface area contributed by atoms with Crippen molar-refractivity contribution in [3.05, 3.63) is 23.9 Å². The molecule has 1 aliphatic rings. The lowest BCUT2D eigenvalue weighted by atomic mass is 9.94. The molecule has 22 heavy (non-hydrogen) atoms. The standard InChI is InChI=1S/C15H19F3N2OS/c1-11(21)22-9-6-12-4-7-20(8-5-12)14-3-2-13(10-19-14)15(16,17)18/h2-3,10,12H,4-9H2,1H3. The molecule has 0 bridgehead atoms. The van der Waals surface area contributed by atoms with Gasteiger partial charge in [-0.1, -0.05) is 11.8 Å². The van der Waals surface area contributed by atoms with Crippen molar-refractivity contribution in [2.24, 2.45) is 5.92 Å². The molecule has 0 spiro atoms. The molecule has 1 fully saturated rings. The lowest BCUT2D eigenvalue weighted by Gasteiger charge is -2.32. The normalized spacial score (nSPS) is 16.8. The predicted octanol–water partition coefficient (Wildman–Crippen LogP) is 3.99. The minimum absolute atomic E-state index is 0.145. The molecule has 2 rings (SSSR count). The fraction of sp³-hybridized carbons (Fsp3) is 0.600. The molecule has 0 saturated carbocycles. The second-order valence-electron chi connectivity index (χ2n) is 5.46. The molecule has 7 heteroatoms. The number of hydrogen-bond donors (Lipinski definition) is 0. The highest BCUT2D eigenvalue weighted by molar-refractivity contribution is 8.13. The number of anilines is 1. The maximum atomic E-state index is 12.5. The van der Waals surface area contributed by atoms with E-state index >= 15 is 0 Å². The third kappa shape index (κ3) is 4.90. The van der Waals surface area contributed by atoms with E-state index in [-0.39, 0.29) is 5.12 Å². The summed E-state index contributed by atoms with van der Waals surface area (Å²) in [5.41, 5.74) is -0.715. The number of carbonyl (C=O) groups excluding carboxylic acids is 1. The van der Waals surface area contributed by atoms with Crippen LogP contribution in [0.2, 0.25) is 0 Å². The summed E-state index contributed by atoms with van der Waals surface area (Å²) in [6, 6.07) is 2.52. The van der Waals surface area contributed by atoms with Crippen LogP contribution in [0, 0.1) is 5.92 Å². The van der Waals surface area contributed by atoms with E-state index < -0.39 is 11.7 Å². The second-order valence-corrected chi connectivity index (χ2v) is 6.73. The van der Waals surface area contributed by atoms with Crippen molar-refractivity contribution in [2.75, 3.05) is 23.7 Å². The Morgan fingerprint density at radius 1 is 1.36 bits per heavy atom. The van der Waals surface area contributed by atoms with Crippen LogP contribution >= 0.6 is 11.8 Å². The van der Waals surface area contributed by atoms with Crippen molar-refractivity contribution < 1.29 is 18.0 Å². The first-order valence-corrected chi connectivity index (χ1v) is 8.26. The Labute approximate surface area is 132 Å². The maximum absolute atomic E-state index is 12.5. The molecule has 0 aromatic carbocycles. The van der Waals surface area contributed by atoms with E-state index in [0.717, 1.165) is 50.4 Å². The topological polar surface area (TPSA) is 33.2 Å². The van der Waals surface area contributed by atoms with E-state index in [0.29, 0.717) is 11.7 Å². The summed E-state index contributed by atoms with van der Waals surface area (Å²) < 4.78 is 37.5. The molecule has 3 nitrogen and oxygen atoms in total. The highest BCUT2D eigenvalue weighted by Crippen LogP contribution is 2.30. The van der Waals surface area contributed by atoms with Crippen LogP contribution in [0.15, 0.2) is 18.3 Å². The summed E-state index contributed by atoms with van der Waals surface area (Å²) >= 11 is 1.35. The van der Waals surface area contributed by atoms with Gasteiger partial charge in [-0.25, -0.2) is 4.98 Å². The molecule has 0 N–H and O–H groups in total. The zero-order valence-electron chi connectivity index (χ0n) is 12.4. The number of aromatic nitrogens is 1. The van der Waals surface area contributed by atoms with Crippen LogP contribution in [-0.4, -0.2) is 28.9 Å². The molecule has 0 atom stereocenters. The Balaban J connectivity index is 1.82. The van der Waals surface area contributed by atoms with Gasteiger partial charge in [-0.3, -0.25) is 4.79 Å². The number of nitrogens with zero attached hydrogens (tertiary/aromatic N) is 2. The zero-order valence-corrected chi connectivity index (χ0v) is 13.2. The van der Waals surface area contributed by atoms with E-state index in [1.54, 1.807) is 6.92 Å². The Morgan fingerprint density at radius 2 is 2.05 bits per heavy atom. The van der Waals surface area contributed by atoms with E-state index in [9.17, 15) is 18.0 Å². The summed E-state index contributed by atoms with van der Waals surface area (Å²) in [6.07, 6.45) is -0.460. The molecule has 122 valence electrons. The number of carbonyl (C=O) groups is 1. The molecular formula is C15H19F3N2OS. The minimum Gasteiger partial charge on any atom is -0.357 e. The molecule has 0 unspecified atom stereocenters. The zero-order chi connectivity index (χ0) is 16.2. The number of hydrogen-bond acceptors (Lipinski definition) is 4. The van der Waals surface area contributed by atoms with Gasteiger partial charge < -0.3 is 4.90 Å². The number of thioether (sulfide) groups is 1. The van der Waals surface area contributed by atoms with Gasteiger partial charge in [0.05, 0.1) is 5.56 Å². The first kappa shape index (κ1) is 17.1. The van der Waals surface area contributed by atoms with Crippen molar-refractivity contribution in [3.63, 3.8) is 0 Å². The third-order valence-corrected chi connectivity index (χ3v) is 4.69. The van der Waals surface area contributed by atoms with Crippen LogP contribution in [0.4, 0.5) is 19.0 Å². The van der Waals surface area contributed by atoms with Gasteiger partial charge in [-0.15, -0.1) is 0 Å². The summed E-state index contributed by atoms with van der Waals surface area (Å²) in [5, 5.41) is 0.145. The molecule has 0 aliphatic carbocycles. The van der Waals surface area contributed by atoms with E-state index in [1.807, 2.05) is 4.90 Å². The van der Waals surface area contributed by atoms with Gasteiger partial charge in [0.2, 0.25) is 0 Å². The van der Waals surface area contributed by atoms with Gasteiger partial charge >= 0.3 is 6.18 Å². The maximum Gasteiger partial charge on any atom is 0.417 e. The van der Waals surface area contributed by atoms with Crippen molar-refractivity contribution in [1.29, 1.82) is 0 Å². The molecule has 0 amide bonds. The van der Waals surface area contributed by atoms with Crippen LogP contribution in [0.25, 0.3) is 0 Å². The Hall–Kier alpha value is -1.24. The van der Waals surface area contributed by atoms with Crippen LogP contribution in [-0.2, 0) is 11.0 Å². The Bertz CT molecular complexity index is 497. The Morgan fingerprint density at radius 3 is 2.55 bits per heavy atom. The van der Waals surface area contributed by atoms with E-state index in [2.05, 4.69) is 4.98 Å². The van der Waals surface area contributed by atoms with Gasteiger partial charge in [0.1, 0.15) is 5.82 Å². The van der Waals surface area contributed by atoms with Crippen molar-refractivity contribution in [1.82, 2.24) is 4.98 Å². The first-order valence-electron chi connectivity index (χ1n) is 7.28. The van der Waals surface area contributed by atoms with Crippen LogP contribution in [0.3, 0.4) is 0 Å². The average Bonchev–Trinajstić information content (AvgIpc) is 2.47. The van der Waals surface area contributed by atoms with E-state index in [1.165, 1.54) is 17.8 Å². The second kappa shape index (κ2) is 7.35. The third-order valence-electron chi connectivity index (χ3n) is 3.85. The molecule has 1 aromatic rings. The van der Waals surface area contributed by atoms with Gasteiger partial charge in [0, 0.05) is 32.0 Å². The minimum atomic E-state index is -4.34. The fourth-order valence-corrected chi connectivity index (χ4v) is 3.30. The van der Waals surface area contributed by atoms with Gasteiger partial charge in [-0.2, -0.15) is 13.2 Å². The lowest BCUT2D eigenvalue weighted by Crippen LogP contribution is -2.34. The number of halogens is 3. The van der Waals surface area contributed by atoms with Gasteiger partial charge in [-0.05, 0) is 37.3 Å². The molecule has 2 heterocycles. The summed E-state index contributed by atoms with van der Waals surface area (Å²) in [6.45, 7) is 3.17. The SMILES string of the molecule is CC(=O)SCCC1CCN(c2ccc(C(F)(F)F)cn2)CC1. The highest BCUT2D eigenvalue weighted by atomic mass is 32.2. The lowest BCUT2D eigenvalue weighted by molar-refractivity contribution is -0.137. The molecule has 0 radical (unpaired) electrons. The van der Waals surface area contributed by atoms with Crippen LogP contribution < -0.4 is 4.90 Å². The smallest absolute Gasteiger partial charge is 0.357 e. The number of alkyl halides is 3. The van der Waals surface area contributed by atoms with Crippen LogP contribution in [0.1, 0.15) is 31.7 Å². The van der Waals surface area contributed by atoms with Gasteiger partial charge in [0.25, 0.3) is 0 Å². The number of piperidine rings is 1. The van der Waals surface area contributed by atoms with Gasteiger partial charge in [0.15, 0.2) is 5.12 Å². The van der Waals surface area contributed by atoms with Crippen molar-refractivity contribution in [2.45, 2.75) is 32.4 Å². The largest absolute Gasteiger partial charge is 0.417 e. The van der Waals surface area contributed by atoms with E-state index in [4.69, 9.17) is 0 Å². The molecule has 1 aromatic heterocycles. The van der Waals surface area contributed by atoms with Crippen molar-refractivity contribution in [3.8, 4) is 0 Å². The summed E-state index contributed by atoms with van der Waals surface area (Å²) in [7, 11) is 0. The molecule has 1 aliphatic heterocycles. The average molecular weight is 332 g/mol. The van der Waals surface area contributed by atoms with Crippen molar-refractivity contribution >= 4 is 22.7 Å². The molecular weight excluding hydrogens is 313 g/mol. The first-order chi connectivity index (χ1) is 10.4. The highest BCUT2D eigenvalue weighted by Gasteiger charge is 2.31. The summed E-state index contributed by atoms with van der Waals surface area (Å²) in [4.78, 5) is 16.8. The monoisotopic (exact) mass is 332 g/mol. The predicted molar refractivity (Wildman–Crippen MR) is 81.9 cm³/mol. The van der Waals surface area contributed by atoms with Crippen LogP contribution in [0.5, 0.6) is 0 Å². The fourth-order valence-electron chi connectivity index (χ4n) is 2.56. The number of rotatable bonds is 4. The summed E-state index contributed by atoms with van der Waals surface area (Å²) in [5.74, 6) is 2.03. The molecule has 1 saturated heterocycles.